The highest BCUT2D eigenvalue weighted by Gasteiger charge is 2.19. The molecule has 25 heavy (non-hydrogen) atoms. The summed E-state index contributed by atoms with van der Waals surface area (Å²) in [6.07, 6.45) is -0.611. The summed E-state index contributed by atoms with van der Waals surface area (Å²) in [5.41, 5.74) is 1.57. The number of hydrogen-bond acceptors (Lipinski definition) is 4. The van der Waals surface area contributed by atoms with Gasteiger partial charge in [0, 0.05) is 13.6 Å². The lowest BCUT2D eigenvalue weighted by molar-refractivity contribution is -0.137. The number of hydrogen-bond donors (Lipinski definition) is 0. The molecule has 0 radical (unpaired) electrons. The Bertz CT molecular complexity index is 733. The van der Waals surface area contributed by atoms with Gasteiger partial charge in [0.2, 0.25) is 0 Å². The highest BCUT2D eigenvalue weighted by atomic mass is 16.5. The zero-order chi connectivity index (χ0) is 18.2. The van der Waals surface area contributed by atoms with E-state index in [1.165, 1.54) is 0 Å². The van der Waals surface area contributed by atoms with Gasteiger partial charge >= 0.3 is 0 Å². The summed E-state index contributed by atoms with van der Waals surface area (Å²) < 4.78 is 11.1. The van der Waals surface area contributed by atoms with Gasteiger partial charge in [-0.15, -0.1) is 0 Å². The van der Waals surface area contributed by atoms with E-state index in [1.54, 1.807) is 43.1 Å². The van der Waals surface area contributed by atoms with Crippen molar-refractivity contribution in [3.63, 3.8) is 0 Å². The Labute approximate surface area is 148 Å². The zero-order valence-electron chi connectivity index (χ0n) is 14.7. The number of carbonyl (C=O) groups excluding carboxylic acids is 1. The fourth-order valence-corrected chi connectivity index (χ4v) is 2.38. The lowest BCUT2D eigenvalue weighted by Crippen LogP contribution is -2.37. The van der Waals surface area contributed by atoms with Crippen LogP contribution in [0.4, 0.5) is 0 Å². The molecular formula is C20H22N2O3. The van der Waals surface area contributed by atoms with Gasteiger partial charge in [0.15, 0.2) is 6.10 Å². The Hall–Kier alpha value is -3.00. The second kappa shape index (κ2) is 8.74. The van der Waals surface area contributed by atoms with Crippen LogP contribution in [0.1, 0.15) is 25.0 Å². The number of carbonyl (C=O) groups is 1. The van der Waals surface area contributed by atoms with Crippen LogP contribution in [-0.4, -0.2) is 30.6 Å². The summed E-state index contributed by atoms with van der Waals surface area (Å²) in [4.78, 5) is 14.1. The van der Waals surface area contributed by atoms with Crippen molar-refractivity contribution in [1.82, 2.24) is 4.90 Å². The van der Waals surface area contributed by atoms with Gasteiger partial charge in [-0.3, -0.25) is 4.79 Å². The van der Waals surface area contributed by atoms with E-state index in [4.69, 9.17) is 14.7 Å². The molecule has 5 heteroatoms. The molecule has 0 aliphatic carbocycles. The second-order valence-electron chi connectivity index (χ2n) is 5.67. The average Bonchev–Trinajstić information content (AvgIpc) is 2.63. The Morgan fingerprint density at radius 1 is 1.12 bits per heavy atom. The van der Waals surface area contributed by atoms with Crippen molar-refractivity contribution in [2.24, 2.45) is 0 Å². The quantitative estimate of drug-likeness (QED) is 0.776. The third-order valence-corrected chi connectivity index (χ3v) is 3.67. The van der Waals surface area contributed by atoms with Crippen molar-refractivity contribution in [3.05, 3.63) is 59.7 Å². The second-order valence-corrected chi connectivity index (χ2v) is 5.67. The molecule has 0 aromatic heterocycles. The fourth-order valence-electron chi connectivity index (χ4n) is 2.38. The summed E-state index contributed by atoms with van der Waals surface area (Å²) >= 11 is 0. The summed E-state index contributed by atoms with van der Waals surface area (Å²) in [7, 11) is 1.75. The third kappa shape index (κ3) is 5.25. The summed E-state index contributed by atoms with van der Waals surface area (Å²) in [6.45, 7) is 4.78. The minimum atomic E-state index is -0.611. The standard InChI is InChI=1S/C20H22N2O3/c1-4-24-18-9-7-17(8-10-18)14-22(3)20(23)15(2)25-19-11-5-16(13-21)6-12-19/h5-12,15H,4,14H2,1-3H3. The van der Waals surface area contributed by atoms with Gasteiger partial charge in [0.1, 0.15) is 11.5 Å². The molecule has 1 atom stereocenters. The van der Waals surface area contributed by atoms with Gasteiger partial charge in [-0.2, -0.15) is 5.26 Å². The van der Waals surface area contributed by atoms with Crippen LogP contribution in [0.5, 0.6) is 11.5 Å². The molecule has 0 fully saturated rings. The molecule has 0 saturated heterocycles. The first-order valence-electron chi connectivity index (χ1n) is 8.17. The van der Waals surface area contributed by atoms with Gasteiger partial charge in [-0.05, 0) is 55.8 Å². The van der Waals surface area contributed by atoms with E-state index in [0.29, 0.717) is 24.5 Å². The lowest BCUT2D eigenvalue weighted by atomic mass is 10.2. The number of nitriles is 1. The predicted molar refractivity (Wildman–Crippen MR) is 95.3 cm³/mol. The lowest BCUT2D eigenvalue weighted by Gasteiger charge is -2.22. The van der Waals surface area contributed by atoms with Crippen molar-refractivity contribution >= 4 is 5.91 Å². The predicted octanol–water partition coefficient (Wildman–Crippen LogP) is 3.38. The fraction of sp³-hybridized carbons (Fsp3) is 0.300. The maximum absolute atomic E-state index is 12.5. The van der Waals surface area contributed by atoms with Crippen molar-refractivity contribution in [2.45, 2.75) is 26.5 Å². The largest absolute Gasteiger partial charge is 0.494 e. The van der Waals surface area contributed by atoms with Gasteiger partial charge in [0.25, 0.3) is 5.91 Å². The third-order valence-electron chi connectivity index (χ3n) is 3.67. The number of ether oxygens (including phenoxy) is 2. The SMILES string of the molecule is CCOc1ccc(CN(C)C(=O)C(C)Oc2ccc(C#N)cc2)cc1. The van der Waals surface area contributed by atoms with E-state index < -0.39 is 6.10 Å². The number of likely N-dealkylation sites (N-methyl/N-ethyl adjacent to an activating group) is 1. The van der Waals surface area contributed by atoms with Crippen molar-refractivity contribution in [3.8, 4) is 17.6 Å². The van der Waals surface area contributed by atoms with Gasteiger partial charge in [0.05, 0.1) is 18.2 Å². The van der Waals surface area contributed by atoms with E-state index in [9.17, 15) is 4.79 Å². The van der Waals surface area contributed by atoms with Crippen LogP contribution in [0.3, 0.4) is 0 Å². The number of amides is 1. The maximum Gasteiger partial charge on any atom is 0.263 e. The normalized spacial score (nSPS) is 11.3. The maximum atomic E-state index is 12.5. The first-order valence-corrected chi connectivity index (χ1v) is 8.17. The molecule has 0 heterocycles. The van der Waals surface area contributed by atoms with Crippen LogP contribution in [0.25, 0.3) is 0 Å². The van der Waals surface area contributed by atoms with E-state index >= 15 is 0 Å². The van der Waals surface area contributed by atoms with Gasteiger partial charge < -0.3 is 14.4 Å². The van der Waals surface area contributed by atoms with Gasteiger partial charge in [-0.1, -0.05) is 12.1 Å². The zero-order valence-corrected chi connectivity index (χ0v) is 14.7. The van der Waals surface area contributed by atoms with E-state index in [2.05, 4.69) is 0 Å². The molecular weight excluding hydrogens is 316 g/mol. The van der Waals surface area contributed by atoms with Crippen LogP contribution in [0, 0.1) is 11.3 Å². The Morgan fingerprint density at radius 2 is 1.72 bits per heavy atom. The molecule has 0 saturated carbocycles. The van der Waals surface area contributed by atoms with Crippen molar-refractivity contribution < 1.29 is 14.3 Å². The smallest absolute Gasteiger partial charge is 0.263 e. The van der Waals surface area contributed by atoms with E-state index in [0.717, 1.165) is 11.3 Å². The minimum absolute atomic E-state index is 0.113. The van der Waals surface area contributed by atoms with Crippen molar-refractivity contribution in [1.29, 1.82) is 5.26 Å². The Morgan fingerprint density at radius 3 is 2.28 bits per heavy atom. The summed E-state index contributed by atoms with van der Waals surface area (Å²) in [5.74, 6) is 1.27. The van der Waals surface area contributed by atoms with Crippen LogP contribution in [0.15, 0.2) is 48.5 Å². The Kier molecular flexibility index (Phi) is 6.41. The monoisotopic (exact) mass is 338 g/mol. The molecule has 0 N–H and O–H groups in total. The molecule has 5 nitrogen and oxygen atoms in total. The number of nitrogens with zero attached hydrogens (tertiary/aromatic N) is 2. The van der Waals surface area contributed by atoms with E-state index in [-0.39, 0.29) is 5.91 Å². The van der Waals surface area contributed by atoms with Crippen LogP contribution < -0.4 is 9.47 Å². The van der Waals surface area contributed by atoms with E-state index in [1.807, 2.05) is 37.3 Å². The highest BCUT2D eigenvalue weighted by molar-refractivity contribution is 5.80. The number of benzene rings is 2. The molecule has 0 bridgehead atoms. The topological polar surface area (TPSA) is 62.6 Å². The molecule has 0 aliphatic heterocycles. The molecule has 2 rings (SSSR count). The molecule has 2 aromatic carbocycles. The molecule has 2 aromatic rings. The van der Waals surface area contributed by atoms with Gasteiger partial charge in [-0.25, -0.2) is 0 Å². The molecule has 1 unspecified atom stereocenters. The molecule has 0 spiro atoms. The minimum Gasteiger partial charge on any atom is -0.494 e. The molecule has 130 valence electrons. The molecule has 0 aliphatic rings. The molecule has 1 amide bonds. The first kappa shape index (κ1) is 18.3. The van der Waals surface area contributed by atoms with Crippen LogP contribution >= 0.6 is 0 Å². The highest BCUT2D eigenvalue weighted by Crippen LogP contribution is 2.16. The summed E-state index contributed by atoms with van der Waals surface area (Å²) in [6, 6.07) is 16.4. The van der Waals surface area contributed by atoms with Crippen LogP contribution in [0.2, 0.25) is 0 Å². The summed E-state index contributed by atoms with van der Waals surface area (Å²) in [5, 5.41) is 8.80. The van der Waals surface area contributed by atoms with Crippen LogP contribution in [-0.2, 0) is 11.3 Å². The number of rotatable bonds is 7. The average molecular weight is 338 g/mol. The first-order chi connectivity index (χ1) is 12.0. The van der Waals surface area contributed by atoms with Crippen molar-refractivity contribution in [2.75, 3.05) is 13.7 Å². The Balaban J connectivity index is 1.92.